The lowest BCUT2D eigenvalue weighted by atomic mass is 10.0. The number of benzene rings is 1. The Balaban J connectivity index is 1.45. The summed E-state index contributed by atoms with van der Waals surface area (Å²) in [4.78, 5) is 0. The topological polar surface area (TPSA) is 47.3 Å². The van der Waals surface area contributed by atoms with Crippen LogP contribution in [0.15, 0.2) is 18.2 Å². The summed E-state index contributed by atoms with van der Waals surface area (Å²) in [6.45, 7) is 2.84. The molecule has 3 heteroatoms. The van der Waals surface area contributed by atoms with E-state index in [1.54, 1.807) is 0 Å². The highest BCUT2D eigenvalue weighted by Crippen LogP contribution is 2.66. The van der Waals surface area contributed by atoms with Crippen LogP contribution < -0.4 is 15.8 Å². The van der Waals surface area contributed by atoms with Gasteiger partial charge in [0.2, 0.25) is 0 Å². The maximum absolute atomic E-state index is 5.97. The first-order valence-corrected chi connectivity index (χ1v) is 8.06. The molecular formula is C17H24N2O. The van der Waals surface area contributed by atoms with Crippen LogP contribution in [0.1, 0.15) is 32.6 Å². The molecule has 2 bridgehead atoms. The minimum absolute atomic E-state index is 0.712. The maximum Gasteiger partial charge on any atom is 0.144 e. The van der Waals surface area contributed by atoms with Gasteiger partial charge in [-0.1, -0.05) is 6.92 Å². The lowest BCUT2D eigenvalue weighted by molar-refractivity contribution is 0.319. The van der Waals surface area contributed by atoms with E-state index in [2.05, 4.69) is 24.4 Å². The van der Waals surface area contributed by atoms with Crippen molar-refractivity contribution in [2.45, 2.75) is 38.6 Å². The molecule has 0 heterocycles. The molecular weight excluding hydrogens is 248 g/mol. The number of hydrogen-bond donors (Lipinski definition) is 2. The van der Waals surface area contributed by atoms with Gasteiger partial charge in [-0.15, -0.1) is 0 Å². The van der Waals surface area contributed by atoms with E-state index in [4.69, 9.17) is 10.5 Å². The SMILES string of the molecule is CCCOc1cc(NC2C3C4CCC(C4)C23)ccc1N. The molecule has 0 aromatic heterocycles. The zero-order valence-electron chi connectivity index (χ0n) is 12.1. The molecule has 3 N–H and O–H groups in total. The Morgan fingerprint density at radius 3 is 2.70 bits per heavy atom. The van der Waals surface area contributed by atoms with Gasteiger partial charge < -0.3 is 15.8 Å². The molecule has 3 aliphatic carbocycles. The minimum atomic E-state index is 0.712. The Hall–Kier alpha value is -1.38. The van der Waals surface area contributed by atoms with E-state index in [-0.39, 0.29) is 0 Å². The minimum Gasteiger partial charge on any atom is -0.491 e. The summed E-state index contributed by atoms with van der Waals surface area (Å²) in [7, 11) is 0. The molecule has 20 heavy (non-hydrogen) atoms. The third kappa shape index (κ3) is 1.87. The van der Waals surface area contributed by atoms with Crippen molar-refractivity contribution in [1.29, 1.82) is 0 Å². The molecule has 3 saturated carbocycles. The van der Waals surface area contributed by atoms with Crippen molar-refractivity contribution in [3.05, 3.63) is 18.2 Å². The standard InChI is InChI=1S/C17H24N2O/c1-2-7-20-14-9-12(5-6-13(14)18)19-17-15-10-3-4-11(8-10)16(15)17/h5-6,9-11,15-17,19H,2-4,7-8,18H2,1H3. The fraction of sp³-hybridized carbons (Fsp3) is 0.647. The van der Waals surface area contributed by atoms with Gasteiger partial charge in [0.25, 0.3) is 0 Å². The fourth-order valence-electron chi connectivity index (χ4n) is 4.67. The number of nitrogens with two attached hydrogens (primary N) is 1. The summed E-state index contributed by atoms with van der Waals surface area (Å²) < 4.78 is 5.71. The second-order valence-corrected chi connectivity index (χ2v) is 6.76. The number of nitrogen functional groups attached to an aromatic ring is 1. The van der Waals surface area contributed by atoms with Crippen LogP contribution in [-0.4, -0.2) is 12.6 Å². The molecule has 3 fully saturated rings. The van der Waals surface area contributed by atoms with Gasteiger partial charge in [-0.05, 0) is 61.5 Å². The first-order chi connectivity index (χ1) is 9.78. The van der Waals surface area contributed by atoms with Crippen molar-refractivity contribution >= 4 is 11.4 Å². The quantitative estimate of drug-likeness (QED) is 0.806. The highest BCUT2D eigenvalue weighted by Gasteiger charge is 2.64. The molecule has 3 aliphatic rings. The number of nitrogens with one attached hydrogen (secondary N) is 1. The molecule has 1 aromatic rings. The predicted molar refractivity (Wildman–Crippen MR) is 81.9 cm³/mol. The van der Waals surface area contributed by atoms with Crippen molar-refractivity contribution in [3.8, 4) is 5.75 Å². The summed E-state index contributed by atoms with van der Waals surface area (Å²) in [5, 5.41) is 3.73. The van der Waals surface area contributed by atoms with E-state index < -0.39 is 0 Å². The van der Waals surface area contributed by atoms with Gasteiger partial charge in [0, 0.05) is 17.8 Å². The maximum atomic E-state index is 5.97. The highest BCUT2D eigenvalue weighted by atomic mass is 16.5. The molecule has 0 spiro atoms. The van der Waals surface area contributed by atoms with E-state index in [0.717, 1.165) is 48.1 Å². The van der Waals surface area contributed by atoms with Gasteiger partial charge in [0.05, 0.1) is 12.3 Å². The van der Waals surface area contributed by atoms with E-state index in [1.807, 2.05) is 6.07 Å². The van der Waals surface area contributed by atoms with Gasteiger partial charge in [-0.25, -0.2) is 0 Å². The Labute approximate surface area is 120 Å². The lowest BCUT2D eigenvalue weighted by Crippen LogP contribution is -2.13. The second-order valence-electron chi connectivity index (χ2n) is 6.76. The highest BCUT2D eigenvalue weighted by molar-refractivity contribution is 5.62. The molecule has 0 aliphatic heterocycles. The van der Waals surface area contributed by atoms with Crippen molar-refractivity contribution < 1.29 is 4.74 Å². The van der Waals surface area contributed by atoms with Crippen molar-refractivity contribution in [1.82, 2.24) is 0 Å². The van der Waals surface area contributed by atoms with Crippen LogP contribution in [-0.2, 0) is 0 Å². The van der Waals surface area contributed by atoms with Crippen molar-refractivity contribution in [3.63, 3.8) is 0 Å². The Morgan fingerprint density at radius 2 is 2.00 bits per heavy atom. The molecule has 108 valence electrons. The van der Waals surface area contributed by atoms with Gasteiger partial charge in [-0.3, -0.25) is 0 Å². The normalized spacial score (nSPS) is 36.8. The van der Waals surface area contributed by atoms with Crippen LogP contribution >= 0.6 is 0 Å². The third-order valence-corrected chi connectivity index (χ3v) is 5.54. The summed E-state index contributed by atoms with van der Waals surface area (Å²) in [5.41, 5.74) is 7.88. The predicted octanol–water partition coefficient (Wildman–Crippen LogP) is 3.51. The number of anilines is 2. The first-order valence-electron chi connectivity index (χ1n) is 8.06. The summed E-state index contributed by atoms with van der Waals surface area (Å²) in [6.07, 6.45) is 5.45. The fourth-order valence-corrected chi connectivity index (χ4v) is 4.67. The van der Waals surface area contributed by atoms with Crippen LogP contribution in [0.5, 0.6) is 5.75 Å². The van der Waals surface area contributed by atoms with E-state index >= 15 is 0 Å². The first kappa shape index (κ1) is 12.4. The van der Waals surface area contributed by atoms with Crippen LogP contribution in [0.2, 0.25) is 0 Å². The van der Waals surface area contributed by atoms with Crippen LogP contribution in [0.25, 0.3) is 0 Å². The summed E-state index contributed by atoms with van der Waals surface area (Å²) in [5.74, 6) is 4.74. The van der Waals surface area contributed by atoms with Gasteiger partial charge in [0.1, 0.15) is 5.75 Å². The molecule has 3 nitrogen and oxygen atoms in total. The van der Waals surface area contributed by atoms with Gasteiger partial charge in [0.15, 0.2) is 0 Å². The molecule has 0 radical (unpaired) electrons. The van der Waals surface area contributed by atoms with E-state index in [1.165, 1.54) is 24.9 Å². The van der Waals surface area contributed by atoms with Gasteiger partial charge >= 0.3 is 0 Å². The lowest BCUT2D eigenvalue weighted by Gasteiger charge is -2.14. The zero-order chi connectivity index (χ0) is 13.7. The summed E-state index contributed by atoms with van der Waals surface area (Å²) in [6, 6.07) is 6.83. The number of ether oxygens (including phenoxy) is 1. The smallest absolute Gasteiger partial charge is 0.144 e. The number of fused-ring (bicyclic) bond motifs is 5. The zero-order valence-corrected chi connectivity index (χ0v) is 12.1. The number of hydrogen-bond acceptors (Lipinski definition) is 3. The van der Waals surface area contributed by atoms with E-state index in [9.17, 15) is 0 Å². The van der Waals surface area contributed by atoms with Crippen LogP contribution in [0, 0.1) is 23.7 Å². The van der Waals surface area contributed by atoms with Crippen molar-refractivity contribution in [2.75, 3.05) is 17.7 Å². The Kier molecular flexibility index (Phi) is 2.83. The van der Waals surface area contributed by atoms with Crippen LogP contribution in [0.3, 0.4) is 0 Å². The molecule has 0 amide bonds. The average molecular weight is 272 g/mol. The Morgan fingerprint density at radius 1 is 1.25 bits per heavy atom. The van der Waals surface area contributed by atoms with E-state index in [0.29, 0.717) is 6.04 Å². The monoisotopic (exact) mass is 272 g/mol. The molecule has 1 aromatic carbocycles. The van der Waals surface area contributed by atoms with Crippen molar-refractivity contribution in [2.24, 2.45) is 23.7 Å². The molecule has 4 unspecified atom stereocenters. The molecule has 0 saturated heterocycles. The largest absolute Gasteiger partial charge is 0.491 e. The van der Waals surface area contributed by atoms with Crippen LogP contribution in [0.4, 0.5) is 11.4 Å². The third-order valence-electron chi connectivity index (χ3n) is 5.54. The average Bonchev–Trinajstić information content (AvgIpc) is 2.84. The summed E-state index contributed by atoms with van der Waals surface area (Å²) >= 11 is 0. The number of rotatable bonds is 5. The Bertz CT molecular complexity index is 500. The molecule has 4 atom stereocenters. The second kappa shape index (κ2) is 4.57. The molecule has 4 rings (SSSR count). The van der Waals surface area contributed by atoms with Gasteiger partial charge in [-0.2, -0.15) is 0 Å².